The van der Waals surface area contributed by atoms with Crippen LogP contribution in [0.15, 0.2) is 53.9 Å². The average molecular weight is 410 g/mol. The molecule has 0 saturated heterocycles. The lowest BCUT2D eigenvalue weighted by Crippen LogP contribution is -2.42. The third kappa shape index (κ3) is 4.22. The van der Waals surface area contributed by atoms with Gasteiger partial charge < -0.3 is 14.2 Å². The first-order chi connectivity index (χ1) is 14.1. The maximum absolute atomic E-state index is 12.3. The number of aromatic nitrogens is 1. The molecule has 3 aromatic rings. The van der Waals surface area contributed by atoms with Crippen molar-refractivity contribution in [1.82, 2.24) is 4.98 Å². The first-order valence-electron chi connectivity index (χ1n) is 8.90. The number of carbonyl (C=O) groups is 2. The Morgan fingerprint density at radius 3 is 2.97 bits per heavy atom. The van der Waals surface area contributed by atoms with Gasteiger partial charge in [-0.3, -0.25) is 14.5 Å². The molecule has 2 heterocycles. The average Bonchev–Trinajstić information content (AvgIpc) is 3.23. The van der Waals surface area contributed by atoms with Gasteiger partial charge in [-0.2, -0.15) is 0 Å². The Labute approximate surface area is 171 Å². The van der Waals surface area contributed by atoms with Crippen LogP contribution in [0.3, 0.4) is 0 Å². The fourth-order valence-electron chi connectivity index (χ4n) is 2.92. The van der Waals surface area contributed by atoms with Crippen LogP contribution in [0.25, 0.3) is 10.6 Å². The number of ether oxygens (including phenoxy) is 3. The number of hydrogen-bond acceptors (Lipinski definition) is 7. The van der Waals surface area contributed by atoms with Crippen LogP contribution in [0.4, 0.5) is 5.69 Å². The first kappa shape index (κ1) is 18.9. The van der Waals surface area contributed by atoms with Crippen molar-refractivity contribution < 1.29 is 23.8 Å². The Hall–Kier alpha value is -3.39. The number of benzene rings is 2. The maximum Gasteiger partial charge on any atom is 0.326 e. The highest BCUT2D eigenvalue weighted by atomic mass is 32.1. The van der Waals surface area contributed by atoms with Crippen molar-refractivity contribution in [3.8, 4) is 22.1 Å². The second kappa shape index (κ2) is 8.32. The number of fused-ring (bicyclic) bond motifs is 1. The van der Waals surface area contributed by atoms with Crippen molar-refractivity contribution in [2.24, 2.45) is 0 Å². The van der Waals surface area contributed by atoms with Gasteiger partial charge in [-0.15, -0.1) is 11.3 Å². The highest BCUT2D eigenvalue weighted by Crippen LogP contribution is 2.31. The van der Waals surface area contributed by atoms with E-state index >= 15 is 0 Å². The number of rotatable bonds is 6. The molecular weight excluding hydrogens is 392 g/mol. The van der Waals surface area contributed by atoms with Crippen molar-refractivity contribution in [2.75, 3.05) is 25.2 Å². The summed E-state index contributed by atoms with van der Waals surface area (Å²) in [5.74, 6) is 0.532. The van der Waals surface area contributed by atoms with Crippen LogP contribution in [0, 0.1) is 0 Å². The fourth-order valence-corrected chi connectivity index (χ4v) is 3.72. The van der Waals surface area contributed by atoms with Crippen LogP contribution in [0.2, 0.25) is 0 Å². The van der Waals surface area contributed by atoms with Gasteiger partial charge in [-0.25, -0.2) is 4.98 Å². The summed E-state index contributed by atoms with van der Waals surface area (Å²) in [5.41, 5.74) is 2.15. The summed E-state index contributed by atoms with van der Waals surface area (Å²) in [4.78, 5) is 30.3. The van der Waals surface area contributed by atoms with E-state index in [9.17, 15) is 9.59 Å². The van der Waals surface area contributed by atoms with Crippen LogP contribution in [0.5, 0.6) is 11.5 Å². The molecule has 7 nitrogen and oxygen atoms in total. The quantitative estimate of drug-likeness (QED) is 0.581. The zero-order valence-electron chi connectivity index (χ0n) is 15.7. The van der Waals surface area contributed by atoms with E-state index in [1.54, 1.807) is 25.3 Å². The predicted octanol–water partition coefficient (Wildman–Crippen LogP) is 3.29. The molecular formula is C21H18N2O5S. The van der Waals surface area contributed by atoms with Gasteiger partial charge in [0.25, 0.3) is 5.91 Å². The lowest BCUT2D eigenvalue weighted by molar-refractivity contribution is -0.144. The molecule has 0 unspecified atom stereocenters. The van der Waals surface area contributed by atoms with E-state index in [2.05, 4.69) is 4.98 Å². The molecule has 29 heavy (non-hydrogen) atoms. The molecule has 0 atom stereocenters. The minimum atomic E-state index is -0.508. The molecule has 1 amide bonds. The normalized spacial score (nSPS) is 12.9. The minimum Gasteiger partial charge on any atom is -0.497 e. The van der Waals surface area contributed by atoms with E-state index in [0.29, 0.717) is 17.1 Å². The second-order valence-electron chi connectivity index (χ2n) is 6.27. The third-order valence-corrected chi connectivity index (χ3v) is 5.29. The maximum atomic E-state index is 12.3. The highest BCUT2D eigenvalue weighted by Gasteiger charge is 2.27. The van der Waals surface area contributed by atoms with Gasteiger partial charge in [0.1, 0.15) is 29.7 Å². The number of anilines is 1. The van der Waals surface area contributed by atoms with Crippen molar-refractivity contribution in [3.63, 3.8) is 0 Å². The molecule has 0 spiro atoms. The van der Waals surface area contributed by atoms with Crippen molar-refractivity contribution >= 4 is 28.9 Å². The van der Waals surface area contributed by atoms with Gasteiger partial charge in [0, 0.05) is 10.9 Å². The lowest BCUT2D eigenvalue weighted by atomic mass is 10.2. The zero-order valence-corrected chi connectivity index (χ0v) is 16.5. The smallest absolute Gasteiger partial charge is 0.326 e. The highest BCUT2D eigenvalue weighted by molar-refractivity contribution is 7.13. The van der Waals surface area contributed by atoms with E-state index in [0.717, 1.165) is 16.3 Å². The number of hydrogen-bond donors (Lipinski definition) is 0. The van der Waals surface area contributed by atoms with E-state index in [1.807, 2.05) is 35.7 Å². The molecule has 2 aromatic carbocycles. The summed E-state index contributed by atoms with van der Waals surface area (Å²) in [5, 5.41) is 2.66. The molecule has 1 aromatic heterocycles. The molecule has 0 aliphatic carbocycles. The van der Waals surface area contributed by atoms with Crippen molar-refractivity contribution in [2.45, 2.75) is 6.61 Å². The molecule has 0 saturated carbocycles. The number of esters is 1. The number of carbonyl (C=O) groups excluding carboxylic acids is 2. The number of thiazole rings is 1. The summed E-state index contributed by atoms with van der Waals surface area (Å²) in [6.07, 6.45) is 0. The van der Waals surface area contributed by atoms with Gasteiger partial charge in [0.15, 0.2) is 6.61 Å². The van der Waals surface area contributed by atoms with Crippen LogP contribution >= 0.6 is 11.3 Å². The Kier molecular flexibility index (Phi) is 5.44. The van der Waals surface area contributed by atoms with Gasteiger partial charge in [-0.05, 0) is 24.3 Å². The van der Waals surface area contributed by atoms with E-state index in [-0.39, 0.29) is 25.7 Å². The van der Waals surface area contributed by atoms with E-state index in [1.165, 1.54) is 16.2 Å². The number of nitrogens with zero attached hydrogens (tertiary/aromatic N) is 2. The van der Waals surface area contributed by atoms with Gasteiger partial charge in [0.05, 0.1) is 18.5 Å². The number of amides is 1. The molecule has 4 rings (SSSR count). The monoisotopic (exact) mass is 410 g/mol. The third-order valence-electron chi connectivity index (χ3n) is 4.34. The lowest BCUT2D eigenvalue weighted by Gasteiger charge is -2.28. The van der Waals surface area contributed by atoms with Gasteiger partial charge in [-0.1, -0.05) is 24.3 Å². The summed E-state index contributed by atoms with van der Waals surface area (Å²) >= 11 is 1.46. The van der Waals surface area contributed by atoms with Crippen molar-refractivity contribution in [3.05, 3.63) is 59.6 Å². The molecule has 148 valence electrons. The van der Waals surface area contributed by atoms with Gasteiger partial charge in [0.2, 0.25) is 0 Å². The Morgan fingerprint density at radius 1 is 1.24 bits per heavy atom. The molecule has 0 bridgehead atoms. The van der Waals surface area contributed by atoms with E-state index in [4.69, 9.17) is 14.2 Å². The van der Waals surface area contributed by atoms with Crippen LogP contribution in [-0.2, 0) is 20.9 Å². The van der Waals surface area contributed by atoms with Crippen LogP contribution in [0.1, 0.15) is 5.69 Å². The fraction of sp³-hybridized carbons (Fsp3) is 0.190. The predicted molar refractivity (Wildman–Crippen MR) is 108 cm³/mol. The van der Waals surface area contributed by atoms with Gasteiger partial charge >= 0.3 is 5.97 Å². The molecule has 0 fully saturated rings. The largest absolute Gasteiger partial charge is 0.497 e. The van der Waals surface area contributed by atoms with E-state index < -0.39 is 5.97 Å². The summed E-state index contributed by atoms with van der Waals surface area (Å²) in [6.45, 7) is -0.230. The second-order valence-corrected chi connectivity index (χ2v) is 7.13. The summed E-state index contributed by atoms with van der Waals surface area (Å²) in [6, 6.07) is 14.7. The topological polar surface area (TPSA) is 78.0 Å². The molecule has 0 radical (unpaired) electrons. The minimum absolute atomic E-state index is 0.0411. The Balaban J connectivity index is 1.38. The SMILES string of the molecule is COc1cccc(-c2nc(COC(=O)CN3C(=O)COc4ccccc43)cs2)c1. The molecule has 1 aliphatic rings. The number of methoxy groups -OCH3 is 1. The van der Waals surface area contributed by atoms with Crippen LogP contribution in [-0.4, -0.2) is 37.1 Å². The standard InChI is InChI=1S/C21H18N2O5S/c1-26-16-6-4-5-14(9-16)21-22-15(13-29-21)11-28-20(25)10-23-17-7-2-3-8-18(17)27-12-19(23)24/h2-9,13H,10-12H2,1H3. The molecule has 8 heteroatoms. The zero-order chi connectivity index (χ0) is 20.2. The Morgan fingerprint density at radius 2 is 2.10 bits per heavy atom. The Bertz CT molecular complexity index is 1050. The summed E-state index contributed by atoms with van der Waals surface area (Å²) in [7, 11) is 1.61. The summed E-state index contributed by atoms with van der Waals surface area (Å²) < 4.78 is 15.9. The number of para-hydroxylation sites is 2. The molecule has 0 N–H and O–H groups in total. The molecule has 1 aliphatic heterocycles. The first-order valence-corrected chi connectivity index (χ1v) is 9.78. The van der Waals surface area contributed by atoms with Crippen LogP contribution < -0.4 is 14.4 Å². The van der Waals surface area contributed by atoms with Crippen molar-refractivity contribution in [1.29, 1.82) is 0 Å².